The summed E-state index contributed by atoms with van der Waals surface area (Å²) in [6.45, 7) is 0. The van der Waals surface area contributed by atoms with Crippen LogP contribution < -0.4 is 5.32 Å². The molecule has 1 aliphatic rings. The van der Waals surface area contributed by atoms with E-state index in [1.165, 1.54) is 47.1 Å². The third-order valence-electron chi connectivity index (χ3n) is 4.68. The van der Waals surface area contributed by atoms with Gasteiger partial charge >= 0.3 is 5.97 Å². The summed E-state index contributed by atoms with van der Waals surface area (Å²) in [5.41, 5.74) is 1.24. The fraction of sp³-hybridized carbons (Fsp3) is 0.211. The van der Waals surface area contributed by atoms with Gasteiger partial charge in [0.15, 0.2) is 0 Å². The molecule has 1 aliphatic heterocycles. The predicted molar refractivity (Wildman–Crippen MR) is 115 cm³/mol. The lowest BCUT2D eigenvalue weighted by molar-refractivity contribution is -0.142. The quantitative estimate of drug-likeness (QED) is 0.579. The number of nitrogens with zero attached hydrogens (tertiary/aromatic N) is 1. The molecule has 152 valence electrons. The van der Waals surface area contributed by atoms with Crippen molar-refractivity contribution in [3.05, 3.63) is 64.3 Å². The lowest BCUT2D eigenvalue weighted by Crippen LogP contribution is -2.34. The number of halogens is 2. The lowest BCUT2D eigenvalue weighted by atomic mass is 10.1. The number of carbonyl (C=O) groups is 1. The van der Waals surface area contributed by atoms with Gasteiger partial charge in [0.25, 0.3) is 10.0 Å². The number of benzene rings is 2. The molecule has 0 saturated carbocycles. The normalized spacial score (nSPS) is 19.6. The average molecular weight is 471 g/mol. The molecule has 4 rings (SSSR count). The maximum atomic E-state index is 13.3. The molecule has 1 saturated heterocycles. The molecule has 6 nitrogen and oxygen atoms in total. The Bertz CT molecular complexity index is 1190. The Morgan fingerprint density at radius 3 is 2.55 bits per heavy atom. The number of esters is 1. The zero-order chi connectivity index (χ0) is 20.8. The van der Waals surface area contributed by atoms with Gasteiger partial charge in [-0.3, -0.25) is 10.1 Å². The maximum absolute atomic E-state index is 13.3. The summed E-state index contributed by atoms with van der Waals surface area (Å²) in [7, 11) is -2.51. The minimum absolute atomic E-state index is 0.125. The zero-order valence-electron chi connectivity index (χ0n) is 15.1. The first kappa shape index (κ1) is 20.6. The van der Waals surface area contributed by atoms with Crippen molar-refractivity contribution in [3.8, 4) is 0 Å². The Balaban J connectivity index is 1.83. The Morgan fingerprint density at radius 2 is 1.86 bits per heavy atom. The first-order valence-electron chi connectivity index (χ1n) is 8.58. The van der Waals surface area contributed by atoms with Crippen molar-refractivity contribution in [1.82, 2.24) is 9.29 Å². The molecule has 0 spiro atoms. The van der Waals surface area contributed by atoms with Gasteiger partial charge in [-0.15, -0.1) is 11.8 Å². The fourth-order valence-electron chi connectivity index (χ4n) is 3.25. The maximum Gasteiger partial charge on any atom is 0.323 e. The highest BCUT2D eigenvalue weighted by Gasteiger charge is 2.34. The van der Waals surface area contributed by atoms with Crippen molar-refractivity contribution in [2.24, 2.45) is 0 Å². The third-order valence-corrected chi connectivity index (χ3v) is 8.11. The summed E-state index contributed by atoms with van der Waals surface area (Å²) in [5.74, 6) is 0.171. The molecule has 3 aromatic rings. The topological polar surface area (TPSA) is 77.4 Å². The molecule has 1 aromatic heterocycles. The Morgan fingerprint density at radius 1 is 1.17 bits per heavy atom. The zero-order valence-corrected chi connectivity index (χ0v) is 18.3. The molecule has 29 heavy (non-hydrogen) atoms. The van der Waals surface area contributed by atoms with E-state index < -0.39 is 16.1 Å². The minimum atomic E-state index is -3.85. The fourth-order valence-corrected chi connectivity index (χ4v) is 6.18. The van der Waals surface area contributed by atoms with Crippen LogP contribution in [0.5, 0.6) is 0 Å². The number of carbonyl (C=O) groups excluding carboxylic acids is 1. The number of fused-ring (bicyclic) bond motifs is 1. The standard InChI is InChI=1S/C19H16Cl2N2O4S2/c1-27-19(24)16-10-28-18(22-16)15-9-23(17-7-4-12(21)8-14(15)17)29(25,26)13-5-2-11(20)3-6-13/h2-9,16,18,22H,10H2,1H3. The van der Waals surface area contributed by atoms with Crippen molar-refractivity contribution in [2.45, 2.75) is 16.3 Å². The molecule has 1 N–H and O–H groups in total. The number of nitrogens with one attached hydrogen (secondary N) is 1. The van der Waals surface area contributed by atoms with Crippen LogP contribution in [-0.4, -0.2) is 37.3 Å². The second-order valence-electron chi connectivity index (χ2n) is 6.46. The molecular weight excluding hydrogens is 455 g/mol. The molecule has 0 bridgehead atoms. The van der Waals surface area contributed by atoms with E-state index in [0.717, 1.165) is 5.56 Å². The van der Waals surface area contributed by atoms with Gasteiger partial charge in [0.2, 0.25) is 0 Å². The van der Waals surface area contributed by atoms with Crippen LogP contribution in [0.3, 0.4) is 0 Å². The SMILES string of the molecule is COC(=O)C1CSC(c2cn(S(=O)(=O)c3ccc(Cl)cc3)c3ccc(Cl)cc23)N1. The van der Waals surface area contributed by atoms with Crippen LogP contribution in [0.1, 0.15) is 10.9 Å². The van der Waals surface area contributed by atoms with Crippen LogP contribution in [0.4, 0.5) is 0 Å². The van der Waals surface area contributed by atoms with Gasteiger partial charge in [-0.25, -0.2) is 12.4 Å². The highest BCUT2D eigenvalue weighted by Crippen LogP contribution is 2.39. The summed E-state index contributed by atoms with van der Waals surface area (Å²) >= 11 is 13.6. The van der Waals surface area contributed by atoms with Crippen molar-refractivity contribution in [1.29, 1.82) is 0 Å². The van der Waals surface area contributed by atoms with E-state index in [1.54, 1.807) is 24.4 Å². The summed E-state index contributed by atoms with van der Waals surface area (Å²) < 4.78 is 32.6. The van der Waals surface area contributed by atoms with Gasteiger partial charge in [0.1, 0.15) is 6.04 Å². The van der Waals surface area contributed by atoms with Gasteiger partial charge in [0, 0.05) is 32.9 Å². The molecule has 0 radical (unpaired) electrons. The molecule has 10 heteroatoms. The molecule has 2 atom stereocenters. The van der Waals surface area contributed by atoms with Crippen LogP contribution in [0, 0.1) is 0 Å². The van der Waals surface area contributed by atoms with Gasteiger partial charge in [0.05, 0.1) is 22.9 Å². The molecular formula is C19H16Cl2N2O4S2. The highest BCUT2D eigenvalue weighted by atomic mass is 35.5. The average Bonchev–Trinajstić information content (AvgIpc) is 3.32. The monoisotopic (exact) mass is 470 g/mol. The smallest absolute Gasteiger partial charge is 0.323 e. The number of aromatic nitrogens is 1. The number of ether oxygens (including phenoxy) is 1. The molecule has 2 heterocycles. The number of rotatable bonds is 4. The second kappa shape index (κ2) is 7.85. The highest BCUT2D eigenvalue weighted by molar-refractivity contribution is 7.99. The summed E-state index contributed by atoms with van der Waals surface area (Å²) in [6, 6.07) is 10.6. The Kier molecular flexibility index (Phi) is 5.56. The first-order chi connectivity index (χ1) is 13.8. The minimum Gasteiger partial charge on any atom is -0.468 e. The molecule has 0 amide bonds. The van der Waals surface area contributed by atoms with Crippen molar-refractivity contribution >= 4 is 61.9 Å². The van der Waals surface area contributed by atoms with Crippen molar-refractivity contribution in [2.75, 3.05) is 12.9 Å². The Labute approximate surface area is 182 Å². The van der Waals surface area contributed by atoms with Crippen LogP contribution in [0.2, 0.25) is 10.0 Å². The van der Waals surface area contributed by atoms with Gasteiger partial charge in [-0.2, -0.15) is 0 Å². The number of hydrogen-bond acceptors (Lipinski definition) is 6. The van der Waals surface area contributed by atoms with E-state index in [-0.39, 0.29) is 16.2 Å². The van der Waals surface area contributed by atoms with E-state index in [9.17, 15) is 13.2 Å². The van der Waals surface area contributed by atoms with Gasteiger partial charge < -0.3 is 4.74 Å². The van der Waals surface area contributed by atoms with Gasteiger partial charge in [-0.1, -0.05) is 23.2 Å². The number of hydrogen-bond donors (Lipinski definition) is 1. The van der Waals surface area contributed by atoms with E-state index in [1.807, 2.05) is 0 Å². The van der Waals surface area contributed by atoms with Crippen molar-refractivity contribution < 1.29 is 17.9 Å². The van der Waals surface area contributed by atoms with E-state index in [2.05, 4.69) is 5.32 Å². The van der Waals surface area contributed by atoms with E-state index in [4.69, 9.17) is 27.9 Å². The van der Waals surface area contributed by atoms with Crippen LogP contribution in [-0.2, 0) is 19.6 Å². The number of methoxy groups -OCH3 is 1. The molecule has 1 fully saturated rings. The number of thioether (sulfide) groups is 1. The van der Waals surface area contributed by atoms with E-state index in [0.29, 0.717) is 26.7 Å². The predicted octanol–water partition coefficient (Wildman–Crippen LogP) is 4.06. The largest absolute Gasteiger partial charge is 0.468 e. The third kappa shape index (κ3) is 3.75. The summed E-state index contributed by atoms with van der Waals surface area (Å²) in [4.78, 5) is 12.0. The summed E-state index contributed by atoms with van der Waals surface area (Å²) in [5, 5.41) is 4.57. The summed E-state index contributed by atoms with van der Waals surface area (Å²) in [6.07, 6.45) is 1.58. The van der Waals surface area contributed by atoms with Crippen molar-refractivity contribution in [3.63, 3.8) is 0 Å². The van der Waals surface area contributed by atoms with E-state index >= 15 is 0 Å². The molecule has 0 aliphatic carbocycles. The van der Waals surface area contributed by atoms with Crippen LogP contribution >= 0.6 is 35.0 Å². The molecule has 2 unspecified atom stereocenters. The second-order valence-corrected chi connectivity index (χ2v) is 10.3. The van der Waals surface area contributed by atoms with Gasteiger partial charge in [-0.05, 0) is 42.5 Å². The Hall–Kier alpha value is -1.71. The lowest BCUT2D eigenvalue weighted by Gasteiger charge is -2.11. The van der Waals surface area contributed by atoms with Crippen LogP contribution in [0.15, 0.2) is 53.6 Å². The first-order valence-corrected chi connectivity index (χ1v) is 11.8. The molecule has 2 aromatic carbocycles. The van der Waals surface area contributed by atoms with Crippen LogP contribution in [0.25, 0.3) is 10.9 Å².